The van der Waals surface area contributed by atoms with Gasteiger partial charge < -0.3 is 16.0 Å². The van der Waals surface area contributed by atoms with Crippen LogP contribution < -0.4 is 16.0 Å². The van der Waals surface area contributed by atoms with Gasteiger partial charge in [0.1, 0.15) is 5.69 Å². The van der Waals surface area contributed by atoms with E-state index in [1.807, 2.05) is 0 Å². The van der Waals surface area contributed by atoms with Crippen molar-refractivity contribution in [3.05, 3.63) is 33.9 Å². The Kier molecular flexibility index (Phi) is 4.47. The zero-order valence-electron chi connectivity index (χ0n) is 13.2. The molecule has 0 spiro atoms. The molecule has 1 aromatic carbocycles. The molecule has 1 saturated carbocycles. The third kappa shape index (κ3) is 3.79. The molecule has 1 amide bonds. The normalized spacial score (nSPS) is 24.0. The molecular weight excluding hydrogens is 296 g/mol. The highest BCUT2D eigenvalue weighted by atomic mass is 16.6. The van der Waals surface area contributed by atoms with Crippen LogP contribution in [0.15, 0.2) is 18.2 Å². The third-order valence-corrected chi connectivity index (χ3v) is 4.54. The van der Waals surface area contributed by atoms with Crippen LogP contribution in [0.1, 0.15) is 36.5 Å². The molecule has 1 aliphatic carbocycles. The number of carbonyl (C=O) groups excluding carboxylic acids is 1. The van der Waals surface area contributed by atoms with E-state index >= 15 is 0 Å². The molecule has 2 aliphatic rings. The van der Waals surface area contributed by atoms with Crippen molar-refractivity contribution < 1.29 is 9.72 Å². The minimum atomic E-state index is -0.438. The number of benzene rings is 1. The average molecular weight is 318 g/mol. The van der Waals surface area contributed by atoms with Crippen molar-refractivity contribution in [1.29, 1.82) is 0 Å². The van der Waals surface area contributed by atoms with Gasteiger partial charge in [-0.15, -0.1) is 0 Å². The van der Waals surface area contributed by atoms with Crippen molar-refractivity contribution in [3.8, 4) is 0 Å². The Morgan fingerprint density at radius 2 is 2.13 bits per heavy atom. The van der Waals surface area contributed by atoms with E-state index in [0.717, 1.165) is 32.4 Å². The molecule has 23 heavy (non-hydrogen) atoms. The van der Waals surface area contributed by atoms with Crippen molar-refractivity contribution in [2.24, 2.45) is 5.92 Å². The van der Waals surface area contributed by atoms with E-state index in [1.54, 1.807) is 12.1 Å². The minimum absolute atomic E-state index is 0.0423. The fourth-order valence-corrected chi connectivity index (χ4v) is 2.83. The van der Waals surface area contributed by atoms with Gasteiger partial charge in [0.25, 0.3) is 11.6 Å². The Labute approximate surface area is 135 Å². The molecule has 1 saturated heterocycles. The molecular formula is C16H22N4O3. The number of nitro groups is 1. The SMILES string of the molecule is CC1CCNCC1NC(=O)c1ccc(NC2CC2)c([N+](=O)[O-])c1. The first-order chi connectivity index (χ1) is 11.0. The fraction of sp³-hybridized carbons (Fsp3) is 0.562. The number of rotatable bonds is 5. The quantitative estimate of drug-likeness (QED) is 0.569. The van der Waals surface area contributed by atoms with E-state index in [4.69, 9.17) is 0 Å². The van der Waals surface area contributed by atoms with Crippen LogP contribution in [-0.4, -0.2) is 36.0 Å². The van der Waals surface area contributed by atoms with E-state index in [2.05, 4.69) is 22.9 Å². The van der Waals surface area contributed by atoms with Crippen molar-refractivity contribution in [2.45, 2.75) is 38.3 Å². The number of nitrogens with zero attached hydrogens (tertiary/aromatic N) is 1. The monoisotopic (exact) mass is 318 g/mol. The maximum Gasteiger partial charge on any atom is 0.293 e. The van der Waals surface area contributed by atoms with Gasteiger partial charge in [-0.2, -0.15) is 0 Å². The molecule has 7 nitrogen and oxygen atoms in total. The van der Waals surface area contributed by atoms with E-state index < -0.39 is 4.92 Å². The van der Waals surface area contributed by atoms with Crippen molar-refractivity contribution in [3.63, 3.8) is 0 Å². The number of anilines is 1. The van der Waals surface area contributed by atoms with Crippen LogP contribution in [0.2, 0.25) is 0 Å². The van der Waals surface area contributed by atoms with Crippen molar-refractivity contribution >= 4 is 17.3 Å². The van der Waals surface area contributed by atoms with Crippen molar-refractivity contribution in [2.75, 3.05) is 18.4 Å². The van der Waals surface area contributed by atoms with Gasteiger partial charge in [-0.1, -0.05) is 6.92 Å². The summed E-state index contributed by atoms with van der Waals surface area (Å²) in [6, 6.07) is 5.02. The number of nitro benzene ring substituents is 1. The summed E-state index contributed by atoms with van der Waals surface area (Å²) in [7, 11) is 0. The second kappa shape index (κ2) is 6.54. The highest BCUT2D eigenvalue weighted by Crippen LogP contribution is 2.31. The lowest BCUT2D eigenvalue weighted by Crippen LogP contribution is -2.50. The summed E-state index contributed by atoms with van der Waals surface area (Å²) in [6.07, 6.45) is 3.08. The van der Waals surface area contributed by atoms with Crippen LogP contribution in [-0.2, 0) is 0 Å². The Hall–Kier alpha value is -2.15. The van der Waals surface area contributed by atoms with Gasteiger partial charge in [0.05, 0.1) is 4.92 Å². The standard InChI is InChI=1S/C16H22N4O3/c1-10-6-7-17-9-14(10)19-16(21)11-2-5-13(18-12-3-4-12)15(8-11)20(22)23/h2,5,8,10,12,14,17-18H,3-4,6-7,9H2,1H3,(H,19,21). The second-order valence-corrected chi connectivity index (χ2v) is 6.46. The fourth-order valence-electron chi connectivity index (χ4n) is 2.83. The first kappa shape index (κ1) is 15.7. The molecule has 2 fully saturated rings. The van der Waals surface area contributed by atoms with Crippen molar-refractivity contribution in [1.82, 2.24) is 10.6 Å². The molecule has 1 aromatic rings. The van der Waals surface area contributed by atoms with Gasteiger partial charge >= 0.3 is 0 Å². The lowest BCUT2D eigenvalue weighted by atomic mass is 9.94. The predicted octanol–water partition coefficient (Wildman–Crippen LogP) is 1.90. The number of piperidine rings is 1. The largest absolute Gasteiger partial charge is 0.377 e. The molecule has 3 N–H and O–H groups in total. The number of hydrogen-bond acceptors (Lipinski definition) is 5. The summed E-state index contributed by atoms with van der Waals surface area (Å²) < 4.78 is 0. The molecule has 2 unspecified atom stereocenters. The lowest BCUT2D eigenvalue weighted by molar-refractivity contribution is -0.384. The first-order valence-electron chi connectivity index (χ1n) is 8.11. The summed E-state index contributed by atoms with van der Waals surface area (Å²) >= 11 is 0. The maximum atomic E-state index is 12.4. The van der Waals surface area contributed by atoms with E-state index in [9.17, 15) is 14.9 Å². The smallest absolute Gasteiger partial charge is 0.293 e. The number of nitrogens with one attached hydrogen (secondary N) is 3. The topological polar surface area (TPSA) is 96.3 Å². The van der Waals surface area contributed by atoms with Gasteiger partial charge in [-0.25, -0.2) is 0 Å². The molecule has 2 atom stereocenters. The highest BCUT2D eigenvalue weighted by Gasteiger charge is 2.27. The van der Waals surface area contributed by atoms with Crippen LogP contribution in [0.25, 0.3) is 0 Å². The molecule has 1 aliphatic heterocycles. The van der Waals surface area contributed by atoms with Gasteiger partial charge in [-0.3, -0.25) is 14.9 Å². The molecule has 124 valence electrons. The summed E-state index contributed by atoms with van der Waals surface area (Å²) in [5.41, 5.74) is 0.775. The summed E-state index contributed by atoms with van der Waals surface area (Å²) in [4.78, 5) is 23.2. The zero-order chi connectivity index (χ0) is 16.4. The zero-order valence-corrected chi connectivity index (χ0v) is 13.2. The van der Waals surface area contributed by atoms with Crippen LogP contribution in [0, 0.1) is 16.0 Å². The lowest BCUT2D eigenvalue weighted by Gasteiger charge is -2.30. The number of amides is 1. The molecule has 7 heteroatoms. The van der Waals surface area contributed by atoms with Gasteiger partial charge in [0.2, 0.25) is 0 Å². The first-order valence-corrected chi connectivity index (χ1v) is 8.11. The van der Waals surface area contributed by atoms with E-state index in [0.29, 0.717) is 23.2 Å². The number of carbonyl (C=O) groups is 1. The maximum absolute atomic E-state index is 12.4. The van der Waals surface area contributed by atoms with E-state index in [-0.39, 0.29) is 17.6 Å². The molecule has 1 heterocycles. The number of hydrogen-bond donors (Lipinski definition) is 3. The summed E-state index contributed by atoms with van der Waals surface area (Å²) in [5, 5.41) is 20.6. The summed E-state index contributed by atoms with van der Waals surface area (Å²) in [5.74, 6) is 0.137. The second-order valence-electron chi connectivity index (χ2n) is 6.46. The Morgan fingerprint density at radius 1 is 1.35 bits per heavy atom. The van der Waals surface area contributed by atoms with Gasteiger partial charge in [0.15, 0.2) is 0 Å². The third-order valence-electron chi connectivity index (χ3n) is 4.54. The average Bonchev–Trinajstić information content (AvgIpc) is 3.33. The van der Waals surface area contributed by atoms with Crippen LogP contribution in [0.3, 0.4) is 0 Å². The molecule has 0 radical (unpaired) electrons. The Morgan fingerprint density at radius 3 is 2.78 bits per heavy atom. The van der Waals surface area contributed by atoms with Crippen LogP contribution in [0.4, 0.5) is 11.4 Å². The predicted molar refractivity (Wildman–Crippen MR) is 87.6 cm³/mol. The molecule has 0 bridgehead atoms. The molecule has 0 aromatic heterocycles. The minimum Gasteiger partial charge on any atom is -0.377 e. The van der Waals surface area contributed by atoms with Crippen LogP contribution in [0.5, 0.6) is 0 Å². The van der Waals surface area contributed by atoms with E-state index in [1.165, 1.54) is 6.07 Å². The van der Waals surface area contributed by atoms with Crippen LogP contribution >= 0.6 is 0 Å². The Bertz CT molecular complexity index is 615. The van der Waals surface area contributed by atoms with Gasteiger partial charge in [-0.05, 0) is 43.9 Å². The summed E-state index contributed by atoms with van der Waals surface area (Å²) in [6.45, 7) is 3.80. The highest BCUT2D eigenvalue weighted by molar-refractivity contribution is 5.96. The Balaban J connectivity index is 1.74. The van der Waals surface area contributed by atoms with Gasteiger partial charge in [0, 0.05) is 30.3 Å². The molecule has 3 rings (SSSR count).